The summed E-state index contributed by atoms with van der Waals surface area (Å²) in [6, 6.07) is 7.78. The van der Waals surface area contributed by atoms with Crippen molar-refractivity contribution in [3.63, 3.8) is 0 Å². The van der Waals surface area contributed by atoms with Crippen LogP contribution in [0.1, 0.15) is 37.0 Å². The molecule has 0 bridgehead atoms. The third-order valence-corrected chi connectivity index (χ3v) is 4.17. The van der Waals surface area contributed by atoms with Crippen LogP contribution in [0.3, 0.4) is 0 Å². The van der Waals surface area contributed by atoms with E-state index < -0.39 is 0 Å². The third-order valence-electron chi connectivity index (χ3n) is 4.17. The van der Waals surface area contributed by atoms with Crippen LogP contribution in [0.15, 0.2) is 24.3 Å². The standard InChI is InChI=1S/C18H28N4O2/c1-13(2)19-18(24)20-15-9-11-22(12-10-15)17(23)14-5-7-16(8-6-14)21(3)4/h5-8,13,15H,9-12H2,1-4H3,(H2,19,20,24). The molecule has 0 spiro atoms. The maximum absolute atomic E-state index is 12.6. The fraction of sp³-hybridized carbons (Fsp3) is 0.556. The monoisotopic (exact) mass is 332 g/mol. The van der Waals surface area contributed by atoms with Gasteiger partial charge in [0.1, 0.15) is 0 Å². The summed E-state index contributed by atoms with van der Waals surface area (Å²) in [5.74, 6) is 0.0605. The SMILES string of the molecule is CC(C)NC(=O)NC1CCN(C(=O)c2ccc(N(C)C)cc2)CC1. The minimum Gasteiger partial charge on any atom is -0.378 e. The molecule has 6 nitrogen and oxygen atoms in total. The van der Waals surface area contributed by atoms with Crippen LogP contribution in [0, 0.1) is 0 Å². The molecular weight excluding hydrogens is 304 g/mol. The Morgan fingerprint density at radius 1 is 1.12 bits per heavy atom. The van der Waals surface area contributed by atoms with Gasteiger partial charge < -0.3 is 20.4 Å². The largest absolute Gasteiger partial charge is 0.378 e. The second-order valence-corrected chi connectivity index (χ2v) is 6.78. The number of anilines is 1. The smallest absolute Gasteiger partial charge is 0.315 e. The van der Waals surface area contributed by atoms with Gasteiger partial charge in [0.15, 0.2) is 0 Å². The molecule has 0 atom stereocenters. The summed E-state index contributed by atoms with van der Waals surface area (Å²) in [6.45, 7) is 5.20. The van der Waals surface area contributed by atoms with Gasteiger partial charge in [-0.05, 0) is 51.0 Å². The van der Waals surface area contributed by atoms with E-state index in [1.54, 1.807) is 0 Å². The van der Waals surface area contributed by atoms with Crippen molar-refractivity contribution in [1.29, 1.82) is 0 Å². The number of likely N-dealkylation sites (tertiary alicyclic amines) is 1. The summed E-state index contributed by atoms with van der Waals surface area (Å²) in [7, 11) is 3.95. The van der Waals surface area contributed by atoms with Crippen LogP contribution in [-0.4, -0.2) is 56.1 Å². The van der Waals surface area contributed by atoms with Gasteiger partial charge in [0.2, 0.25) is 0 Å². The maximum atomic E-state index is 12.6. The van der Waals surface area contributed by atoms with Crippen molar-refractivity contribution in [1.82, 2.24) is 15.5 Å². The van der Waals surface area contributed by atoms with Gasteiger partial charge in [-0.15, -0.1) is 0 Å². The van der Waals surface area contributed by atoms with Crippen LogP contribution in [0.4, 0.5) is 10.5 Å². The average Bonchev–Trinajstić information content (AvgIpc) is 2.54. The molecule has 6 heteroatoms. The van der Waals surface area contributed by atoms with Crippen LogP contribution in [0.25, 0.3) is 0 Å². The molecule has 1 fully saturated rings. The van der Waals surface area contributed by atoms with E-state index in [1.165, 1.54) is 0 Å². The highest BCUT2D eigenvalue weighted by Crippen LogP contribution is 2.17. The summed E-state index contributed by atoms with van der Waals surface area (Å²) in [4.78, 5) is 28.2. The van der Waals surface area contributed by atoms with E-state index in [9.17, 15) is 9.59 Å². The fourth-order valence-corrected chi connectivity index (χ4v) is 2.80. The number of hydrogen-bond acceptors (Lipinski definition) is 3. The third kappa shape index (κ3) is 4.88. The Balaban J connectivity index is 1.85. The van der Waals surface area contributed by atoms with Crippen molar-refractivity contribution in [2.24, 2.45) is 0 Å². The minimum absolute atomic E-state index is 0.0605. The van der Waals surface area contributed by atoms with E-state index in [2.05, 4.69) is 10.6 Å². The molecule has 1 heterocycles. The number of hydrogen-bond donors (Lipinski definition) is 2. The Morgan fingerprint density at radius 3 is 2.21 bits per heavy atom. The Hall–Kier alpha value is -2.24. The molecule has 1 aromatic rings. The van der Waals surface area contributed by atoms with Gasteiger partial charge in [-0.2, -0.15) is 0 Å². The van der Waals surface area contributed by atoms with Gasteiger partial charge >= 0.3 is 6.03 Å². The molecule has 1 saturated heterocycles. The fourth-order valence-electron chi connectivity index (χ4n) is 2.80. The Kier molecular flexibility index (Phi) is 6.06. The van der Waals surface area contributed by atoms with E-state index in [1.807, 2.05) is 62.0 Å². The van der Waals surface area contributed by atoms with E-state index in [-0.39, 0.29) is 24.0 Å². The van der Waals surface area contributed by atoms with E-state index in [0.29, 0.717) is 18.7 Å². The van der Waals surface area contributed by atoms with E-state index >= 15 is 0 Å². The number of carbonyl (C=O) groups is 2. The Morgan fingerprint density at radius 2 is 1.71 bits per heavy atom. The molecule has 24 heavy (non-hydrogen) atoms. The lowest BCUT2D eigenvalue weighted by Gasteiger charge is -2.32. The molecular formula is C18H28N4O2. The Labute approximate surface area is 144 Å². The molecule has 0 radical (unpaired) electrons. The van der Waals surface area contributed by atoms with Gasteiger partial charge in [0.05, 0.1) is 0 Å². The normalized spacial score (nSPS) is 15.3. The number of piperidine rings is 1. The van der Waals surface area contributed by atoms with E-state index in [0.717, 1.165) is 18.5 Å². The van der Waals surface area contributed by atoms with Gasteiger partial charge in [0.25, 0.3) is 5.91 Å². The number of nitrogens with zero attached hydrogens (tertiary/aromatic N) is 2. The number of rotatable bonds is 4. The summed E-state index contributed by atoms with van der Waals surface area (Å²) in [5, 5.41) is 5.81. The molecule has 0 saturated carbocycles. The second kappa shape index (κ2) is 8.04. The van der Waals surface area contributed by atoms with Crippen LogP contribution >= 0.6 is 0 Å². The first-order chi connectivity index (χ1) is 11.4. The van der Waals surface area contributed by atoms with Crippen molar-refractivity contribution >= 4 is 17.6 Å². The summed E-state index contributed by atoms with van der Waals surface area (Å²) >= 11 is 0. The summed E-state index contributed by atoms with van der Waals surface area (Å²) in [6.07, 6.45) is 1.57. The molecule has 1 aliphatic rings. The zero-order chi connectivity index (χ0) is 17.7. The molecule has 0 unspecified atom stereocenters. The predicted octanol–water partition coefficient (Wildman–Crippen LogP) is 2.06. The molecule has 0 aliphatic carbocycles. The van der Waals surface area contributed by atoms with Crippen LogP contribution in [0.5, 0.6) is 0 Å². The second-order valence-electron chi connectivity index (χ2n) is 6.78. The zero-order valence-electron chi connectivity index (χ0n) is 15.0. The first-order valence-electron chi connectivity index (χ1n) is 8.50. The first kappa shape index (κ1) is 18.1. The number of amides is 3. The number of carbonyl (C=O) groups excluding carboxylic acids is 2. The van der Waals surface area contributed by atoms with Crippen molar-refractivity contribution in [3.8, 4) is 0 Å². The minimum atomic E-state index is -0.131. The van der Waals surface area contributed by atoms with Gasteiger partial charge in [0, 0.05) is 50.5 Å². The van der Waals surface area contributed by atoms with E-state index in [4.69, 9.17) is 0 Å². The first-order valence-corrected chi connectivity index (χ1v) is 8.50. The van der Waals surface area contributed by atoms with Gasteiger partial charge in [-0.1, -0.05) is 0 Å². The molecule has 2 rings (SSSR count). The molecule has 132 valence electrons. The number of benzene rings is 1. The number of nitrogens with one attached hydrogen (secondary N) is 2. The molecule has 2 N–H and O–H groups in total. The van der Waals surface area contributed by atoms with Crippen LogP contribution in [-0.2, 0) is 0 Å². The lowest BCUT2D eigenvalue weighted by molar-refractivity contribution is 0.0708. The van der Waals surface area contributed by atoms with Crippen LogP contribution < -0.4 is 15.5 Å². The highest BCUT2D eigenvalue weighted by molar-refractivity contribution is 5.94. The zero-order valence-corrected chi connectivity index (χ0v) is 15.0. The lowest BCUT2D eigenvalue weighted by atomic mass is 10.0. The summed E-state index contributed by atoms with van der Waals surface area (Å²) < 4.78 is 0. The number of urea groups is 1. The predicted molar refractivity (Wildman–Crippen MR) is 96.5 cm³/mol. The van der Waals surface area contributed by atoms with Crippen molar-refractivity contribution in [2.75, 3.05) is 32.1 Å². The molecule has 3 amide bonds. The Bertz CT molecular complexity index is 561. The highest BCUT2D eigenvalue weighted by Gasteiger charge is 2.24. The molecule has 1 aromatic carbocycles. The highest BCUT2D eigenvalue weighted by atomic mass is 16.2. The molecule has 1 aliphatic heterocycles. The van der Waals surface area contributed by atoms with Gasteiger partial charge in [-0.3, -0.25) is 4.79 Å². The van der Waals surface area contributed by atoms with Crippen molar-refractivity contribution < 1.29 is 9.59 Å². The average molecular weight is 332 g/mol. The topological polar surface area (TPSA) is 64.7 Å². The van der Waals surface area contributed by atoms with Crippen molar-refractivity contribution in [3.05, 3.63) is 29.8 Å². The lowest BCUT2D eigenvalue weighted by Crippen LogP contribution is -2.50. The maximum Gasteiger partial charge on any atom is 0.315 e. The van der Waals surface area contributed by atoms with Crippen LogP contribution in [0.2, 0.25) is 0 Å². The van der Waals surface area contributed by atoms with Crippen molar-refractivity contribution in [2.45, 2.75) is 38.8 Å². The van der Waals surface area contributed by atoms with Gasteiger partial charge in [-0.25, -0.2) is 4.79 Å². The summed E-state index contributed by atoms with van der Waals surface area (Å²) in [5.41, 5.74) is 1.79. The quantitative estimate of drug-likeness (QED) is 0.887. The molecule has 0 aromatic heterocycles.